The summed E-state index contributed by atoms with van der Waals surface area (Å²) >= 11 is 0. The molecule has 10 heteroatoms. The first-order valence-corrected chi connectivity index (χ1v) is 16.3. The average molecular weight is 607 g/mol. The zero-order chi connectivity index (χ0) is 31.3. The van der Waals surface area contributed by atoms with Crippen LogP contribution in [0.5, 0.6) is 0 Å². The molecule has 1 aliphatic heterocycles. The van der Waals surface area contributed by atoms with Crippen molar-refractivity contribution in [2.75, 3.05) is 6.61 Å². The summed E-state index contributed by atoms with van der Waals surface area (Å²) in [7, 11) is 0. The highest BCUT2D eigenvalue weighted by atomic mass is 16.7. The second-order valence-electron chi connectivity index (χ2n) is 16.4. The maximum atomic E-state index is 12.8. The molecule has 5 saturated carbocycles. The lowest BCUT2D eigenvalue weighted by atomic mass is 9.44. The minimum atomic E-state index is -1.89. The van der Waals surface area contributed by atoms with E-state index < -0.39 is 77.7 Å². The number of aliphatic hydroxyl groups is 7. The van der Waals surface area contributed by atoms with Crippen molar-refractivity contribution in [1.29, 1.82) is 0 Å². The van der Waals surface area contributed by atoms with E-state index in [4.69, 9.17) is 9.47 Å². The van der Waals surface area contributed by atoms with Gasteiger partial charge in [0.25, 0.3) is 0 Å². The van der Waals surface area contributed by atoms with E-state index in [2.05, 4.69) is 33.8 Å². The predicted octanol–water partition coefficient (Wildman–Crippen LogP) is 0.812. The SMILES string of the molecule is C[C@@H]1CC(=O)[C@H](O)[C@]2(O)[C@H]1[C@@]1(C)CC[C@@]34C[C@@]35CC[C@H](O[C@@H]3O[C@H](CO)[C@@H](O)[C@H](O)[C@H]3O)C(C)(C)[C@@H]5CC=C4[C@]1(C)[C@H]2O. The number of hydrogen-bond donors (Lipinski definition) is 7. The van der Waals surface area contributed by atoms with Gasteiger partial charge in [0, 0.05) is 17.8 Å². The number of ketones is 1. The first kappa shape index (κ1) is 30.7. The third kappa shape index (κ3) is 3.33. The van der Waals surface area contributed by atoms with Gasteiger partial charge in [-0.25, -0.2) is 0 Å². The number of ether oxygens (including phenoxy) is 2. The Morgan fingerprint density at radius 1 is 1.00 bits per heavy atom. The van der Waals surface area contributed by atoms with Gasteiger partial charge in [0.05, 0.1) is 18.8 Å². The molecule has 0 unspecified atom stereocenters. The van der Waals surface area contributed by atoms with Crippen LogP contribution in [0.3, 0.4) is 0 Å². The Morgan fingerprint density at radius 3 is 2.37 bits per heavy atom. The van der Waals surface area contributed by atoms with Gasteiger partial charge in [0.15, 0.2) is 12.1 Å². The summed E-state index contributed by atoms with van der Waals surface area (Å²) in [5.41, 5.74) is -2.49. The Bertz CT molecular complexity index is 1230. The summed E-state index contributed by atoms with van der Waals surface area (Å²) in [5, 5.41) is 76.1. The van der Waals surface area contributed by atoms with Gasteiger partial charge >= 0.3 is 0 Å². The van der Waals surface area contributed by atoms with Crippen LogP contribution in [0.15, 0.2) is 11.6 Å². The first-order valence-electron chi connectivity index (χ1n) is 16.3. The smallest absolute Gasteiger partial charge is 0.186 e. The number of Topliss-reactive ketones (excluding diaryl/α,β-unsaturated/α-hetero) is 1. The zero-order valence-corrected chi connectivity index (χ0v) is 25.9. The fraction of sp³-hybridized carbons (Fsp3) is 0.909. The zero-order valence-electron chi connectivity index (χ0n) is 25.9. The Labute approximate surface area is 253 Å². The number of carbonyl (C=O) groups excluding carboxylic acids is 1. The molecule has 7 aliphatic rings. The maximum Gasteiger partial charge on any atom is 0.186 e. The van der Waals surface area contributed by atoms with Gasteiger partial charge in [-0.2, -0.15) is 0 Å². The van der Waals surface area contributed by atoms with Crippen LogP contribution >= 0.6 is 0 Å². The van der Waals surface area contributed by atoms with Crippen LogP contribution in [-0.4, -0.2) is 103 Å². The van der Waals surface area contributed by atoms with Crippen LogP contribution in [0, 0.1) is 44.8 Å². The molecule has 0 bridgehead atoms. The van der Waals surface area contributed by atoms with E-state index in [9.17, 15) is 40.5 Å². The van der Waals surface area contributed by atoms with Crippen molar-refractivity contribution < 1.29 is 50.0 Å². The fourth-order valence-electron chi connectivity index (χ4n) is 12.6. The van der Waals surface area contributed by atoms with Gasteiger partial charge in [-0.1, -0.05) is 46.3 Å². The molecular formula is C33H50O10. The lowest BCUT2D eigenvalue weighted by Gasteiger charge is -2.60. The summed E-state index contributed by atoms with van der Waals surface area (Å²) in [6.45, 7) is 10.0. The second-order valence-corrected chi connectivity index (χ2v) is 16.4. The van der Waals surface area contributed by atoms with Gasteiger partial charge in [-0.3, -0.25) is 4.79 Å². The molecule has 0 aromatic rings. The number of fused-ring (bicyclic) bond motifs is 4. The topological polar surface area (TPSA) is 177 Å². The van der Waals surface area contributed by atoms with Crippen molar-refractivity contribution in [3.63, 3.8) is 0 Å². The van der Waals surface area contributed by atoms with Crippen molar-refractivity contribution in [3.05, 3.63) is 11.6 Å². The predicted molar refractivity (Wildman–Crippen MR) is 152 cm³/mol. The van der Waals surface area contributed by atoms with Crippen LogP contribution in [0.25, 0.3) is 0 Å². The molecule has 2 spiro atoms. The lowest BCUT2D eigenvalue weighted by molar-refractivity contribution is -0.325. The van der Waals surface area contributed by atoms with Gasteiger partial charge in [0.1, 0.15) is 36.1 Å². The van der Waals surface area contributed by atoms with Crippen molar-refractivity contribution in [3.8, 4) is 0 Å². The molecule has 6 aliphatic carbocycles. The van der Waals surface area contributed by atoms with Crippen LogP contribution in [0.2, 0.25) is 0 Å². The summed E-state index contributed by atoms with van der Waals surface area (Å²) in [6.07, 6.45) is -2.28. The second kappa shape index (κ2) is 9.10. The van der Waals surface area contributed by atoms with Crippen LogP contribution in [0.4, 0.5) is 0 Å². The van der Waals surface area contributed by atoms with Crippen LogP contribution in [0.1, 0.15) is 79.6 Å². The molecule has 1 heterocycles. The summed E-state index contributed by atoms with van der Waals surface area (Å²) in [4.78, 5) is 12.8. The van der Waals surface area contributed by atoms with E-state index >= 15 is 0 Å². The first-order chi connectivity index (χ1) is 20.0. The van der Waals surface area contributed by atoms with E-state index in [1.165, 1.54) is 5.57 Å². The molecule has 6 fully saturated rings. The van der Waals surface area contributed by atoms with Crippen LogP contribution < -0.4 is 0 Å². The molecule has 0 radical (unpaired) electrons. The van der Waals surface area contributed by atoms with Crippen molar-refractivity contribution in [1.82, 2.24) is 0 Å². The Hall–Kier alpha value is -0.950. The summed E-state index contributed by atoms with van der Waals surface area (Å²) in [6, 6.07) is 0. The molecule has 10 nitrogen and oxygen atoms in total. The summed E-state index contributed by atoms with van der Waals surface area (Å²) in [5.74, 6) is -0.728. The molecule has 7 rings (SSSR count). The van der Waals surface area contributed by atoms with Gasteiger partial charge in [-0.15, -0.1) is 0 Å². The molecule has 43 heavy (non-hydrogen) atoms. The van der Waals surface area contributed by atoms with Crippen LogP contribution in [-0.2, 0) is 14.3 Å². The average Bonchev–Trinajstić information content (AvgIpc) is 3.59. The minimum Gasteiger partial charge on any atom is -0.394 e. The monoisotopic (exact) mass is 606 g/mol. The molecule has 7 N–H and O–H groups in total. The highest BCUT2D eigenvalue weighted by Gasteiger charge is 2.85. The Morgan fingerprint density at radius 2 is 1.70 bits per heavy atom. The van der Waals surface area contributed by atoms with Gasteiger partial charge in [-0.05, 0) is 72.0 Å². The fourth-order valence-corrected chi connectivity index (χ4v) is 12.6. The normalized spacial score (nSPS) is 60.1. The van der Waals surface area contributed by atoms with E-state index in [-0.39, 0.29) is 40.6 Å². The van der Waals surface area contributed by atoms with E-state index in [1.54, 1.807) is 0 Å². The third-order valence-electron chi connectivity index (χ3n) is 14.7. The quantitative estimate of drug-likeness (QED) is 0.228. The molecule has 0 aromatic carbocycles. The highest BCUT2D eigenvalue weighted by Crippen LogP contribution is 2.88. The molecule has 242 valence electrons. The highest BCUT2D eigenvalue weighted by molar-refractivity contribution is 5.86. The van der Waals surface area contributed by atoms with Gasteiger partial charge in [0.2, 0.25) is 0 Å². The number of carbonyl (C=O) groups is 1. The Balaban J connectivity index is 1.21. The Kier molecular flexibility index (Phi) is 6.50. The molecule has 1 saturated heterocycles. The number of rotatable bonds is 3. The van der Waals surface area contributed by atoms with E-state index in [0.717, 1.165) is 32.1 Å². The van der Waals surface area contributed by atoms with Gasteiger partial charge < -0.3 is 45.2 Å². The molecular weight excluding hydrogens is 556 g/mol. The lowest BCUT2D eigenvalue weighted by Crippen LogP contribution is -2.63. The largest absolute Gasteiger partial charge is 0.394 e. The molecule has 16 atom stereocenters. The molecule has 0 amide bonds. The minimum absolute atomic E-state index is 0.0175. The van der Waals surface area contributed by atoms with E-state index in [0.29, 0.717) is 6.42 Å². The summed E-state index contributed by atoms with van der Waals surface area (Å²) < 4.78 is 12.1. The standard InChI is InChI=1S/C33H50O10/c1-15-12-16(35)25(39)33(41)24(15)29(4)10-11-32-14-31(32)9-8-20(43-26-23(38)22(37)21(36)17(13-34)42-26)28(2,3)18(31)6-7-19(32)30(29,5)27(33)40/h7,15,17-18,20-27,34,36-41H,6,8-14H2,1-5H3/t15-,17-,18+,20+,21-,22+,23-,24-,25+,26+,27-,29-,30-,31-,32+,33-/m1/s1. The molecule has 0 aromatic heterocycles. The number of allylic oxidation sites excluding steroid dienone is 1. The van der Waals surface area contributed by atoms with Crippen molar-refractivity contribution in [2.45, 2.75) is 134 Å². The number of aliphatic hydroxyl groups excluding tert-OH is 6. The van der Waals surface area contributed by atoms with E-state index in [1.807, 2.05) is 6.92 Å². The number of hydrogen-bond acceptors (Lipinski definition) is 10. The van der Waals surface area contributed by atoms with Crippen molar-refractivity contribution in [2.24, 2.45) is 44.8 Å². The maximum absolute atomic E-state index is 12.8. The third-order valence-corrected chi connectivity index (χ3v) is 14.7. The van der Waals surface area contributed by atoms with Crippen molar-refractivity contribution >= 4 is 5.78 Å².